The van der Waals surface area contributed by atoms with E-state index in [9.17, 15) is 9.59 Å². The molecule has 2 atom stereocenters. The van der Waals surface area contributed by atoms with Crippen molar-refractivity contribution >= 4 is 23.4 Å². The molecule has 0 saturated heterocycles. The number of rotatable bonds is 3. The molecule has 2 aliphatic rings. The van der Waals surface area contributed by atoms with Crippen LogP contribution in [-0.2, 0) is 19.1 Å². The number of carbonyl (C=O) groups is 2. The number of halogens is 1. The maximum atomic E-state index is 13.3. The second-order valence-corrected chi connectivity index (χ2v) is 7.51. The first-order valence-electron chi connectivity index (χ1n) is 9.32. The quantitative estimate of drug-likeness (QED) is 0.768. The summed E-state index contributed by atoms with van der Waals surface area (Å²) in [6.45, 7) is 0. The lowest BCUT2D eigenvalue weighted by molar-refractivity contribution is -0.136. The molecule has 1 heterocycles. The molecule has 1 aliphatic heterocycles. The Balaban J connectivity index is 1.84. The highest BCUT2D eigenvalue weighted by Gasteiger charge is 2.43. The second-order valence-electron chi connectivity index (χ2n) is 7.10. The minimum absolute atomic E-state index is 0.0122. The van der Waals surface area contributed by atoms with Gasteiger partial charge in [0.25, 0.3) is 0 Å². The van der Waals surface area contributed by atoms with Gasteiger partial charge in [0.2, 0.25) is 5.88 Å². The van der Waals surface area contributed by atoms with E-state index < -0.39 is 11.9 Å². The van der Waals surface area contributed by atoms with Crippen LogP contribution in [0.4, 0.5) is 0 Å². The molecule has 2 aromatic carbocycles. The Morgan fingerprint density at radius 2 is 1.79 bits per heavy atom. The predicted molar refractivity (Wildman–Crippen MR) is 109 cm³/mol. The van der Waals surface area contributed by atoms with Crippen molar-refractivity contribution in [2.75, 3.05) is 7.11 Å². The molecule has 0 saturated carbocycles. The highest BCUT2D eigenvalue weighted by atomic mass is 35.5. The minimum atomic E-state index is -0.718. The van der Waals surface area contributed by atoms with E-state index in [1.165, 1.54) is 7.11 Å². The normalized spacial score (nSPS) is 21.5. The van der Waals surface area contributed by atoms with Crippen LogP contribution >= 0.6 is 11.6 Å². The summed E-state index contributed by atoms with van der Waals surface area (Å²) in [5, 5.41) is 0.443. The summed E-state index contributed by atoms with van der Waals surface area (Å²) in [4.78, 5) is 25.8. The van der Waals surface area contributed by atoms with Crippen LogP contribution in [0.15, 0.2) is 77.4 Å². The number of hydrogen-bond acceptors (Lipinski definition) is 5. The van der Waals surface area contributed by atoms with Crippen LogP contribution in [0.3, 0.4) is 0 Å². The molecule has 2 aromatic rings. The molecule has 0 aromatic heterocycles. The minimum Gasteiger partial charge on any atom is -0.465 e. The summed E-state index contributed by atoms with van der Waals surface area (Å²) in [7, 11) is 1.27. The first-order valence-corrected chi connectivity index (χ1v) is 9.70. The standard InChI is InChI=1S/C23H20ClNO4/c1-28-23(27)21-19(15-9-5-6-10-16(15)24)20-17(26)11-14(12-18(20)29-22(21)25)13-7-3-2-4-8-13/h2-10,14,19H,11-12,25H2,1H3. The molecule has 0 spiro atoms. The monoisotopic (exact) mass is 409 g/mol. The molecular formula is C23H20ClNO4. The van der Waals surface area contributed by atoms with E-state index >= 15 is 0 Å². The molecule has 0 fully saturated rings. The third-order valence-corrected chi connectivity index (χ3v) is 5.78. The van der Waals surface area contributed by atoms with Crippen LogP contribution in [0.1, 0.15) is 35.8 Å². The number of allylic oxidation sites excluding steroid dienone is 2. The van der Waals surface area contributed by atoms with Crippen LogP contribution in [0, 0.1) is 0 Å². The lowest BCUT2D eigenvalue weighted by Crippen LogP contribution is -2.33. The van der Waals surface area contributed by atoms with Crippen molar-refractivity contribution < 1.29 is 19.1 Å². The fourth-order valence-corrected chi connectivity index (χ4v) is 4.34. The molecule has 0 amide bonds. The van der Waals surface area contributed by atoms with Crippen LogP contribution in [-0.4, -0.2) is 18.9 Å². The maximum Gasteiger partial charge on any atom is 0.340 e. The Hall–Kier alpha value is -3.05. The van der Waals surface area contributed by atoms with Gasteiger partial charge in [-0.3, -0.25) is 4.79 Å². The van der Waals surface area contributed by atoms with E-state index in [0.717, 1.165) is 5.56 Å². The lowest BCUT2D eigenvalue weighted by atomic mass is 9.73. The molecule has 2 N–H and O–H groups in total. The molecule has 2 unspecified atom stereocenters. The summed E-state index contributed by atoms with van der Waals surface area (Å²) < 4.78 is 10.7. The van der Waals surface area contributed by atoms with Gasteiger partial charge in [0.1, 0.15) is 11.3 Å². The fourth-order valence-electron chi connectivity index (χ4n) is 4.10. The van der Waals surface area contributed by atoms with Gasteiger partial charge >= 0.3 is 5.97 Å². The van der Waals surface area contributed by atoms with Crippen molar-refractivity contribution in [2.24, 2.45) is 5.73 Å². The van der Waals surface area contributed by atoms with Gasteiger partial charge in [0.05, 0.1) is 13.0 Å². The van der Waals surface area contributed by atoms with Crippen LogP contribution in [0.5, 0.6) is 0 Å². The smallest absolute Gasteiger partial charge is 0.340 e. The van der Waals surface area contributed by atoms with Gasteiger partial charge in [-0.25, -0.2) is 4.79 Å². The number of ketones is 1. The van der Waals surface area contributed by atoms with Crippen LogP contribution in [0.2, 0.25) is 5.02 Å². The highest BCUT2D eigenvalue weighted by molar-refractivity contribution is 6.31. The molecule has 6 heteroatoms. The first kappa shape index (κ1) is 19.3. The van der Waals surface area contributed by atoms with E-state index in [4.69, 9.17) is 26.8 Å². The van der Waals surface area contributed by atoms with E-state index in [1.807, 2.05) is 36.4 Å². The number of methoxy groups -OCH3 is 1. The van der Waals surface area contributed by atoms with Crippen molar-refractivity contribution in [1.82, 2.24) is 0 Å². The van der Waals surface area contributed by atoms with Crippen molar-refractivity contribution in [1.29, 1.82) is 0 Å². The van der Waals surface area contributed by atoms with Crippen molar-refractivity contribution in [3.63, 3.8) is 0 Å². The Kier molecular flexibility index (Phi) is 5.16. The molecule has 4 rings (SSSR count). The largest absolute Gasteiger partial charge is 0.465 e. The zero-order valence-corrected chi connectivity index (χ0v) is 16.6. The number of carbonyl (C=O) groups excluding carboxylic acids is 2. The Morgan fingerprint density at radius 1 is 1.10 bits per heavy atom. The topological polar surface area (TPSA) is 78.6 Å². The van der Waals surface area contributed by atoms with Gasteiger partial charge < -0.3 is 15.2 Å². The number of benzene rings is 2. The Labute approximate surface area is 173 Å². The summed E-state index contributed by atoms with van der Waals surface area (Å²) >= 11 is 6.43. The van der Waals surface area contributed by atoms with Crippen molar-refractivity contribution in [3.8, 4) is 0 Å². The molecule has 0 bridgehead atoms. The predicted octanol–water partition coefficient (Wildman–Crippen LogP) is 4.20. The van der Waals surface area contributed by atoms with Gasteiger partial charge in [-0.1, -0.05) is 60.1 Å². The van der Waals surface area contributed by atoms with Gasteiger partial charge in [-0.2, -0.15) is 0 Å². The third kappa shape index (κ3) is 3.42. The molecule has 5 nitrogen and oxygen atoms in total. The van der Waals surface area contributed by atoms with Crippen LogP contribution < -0.4 is 5.73 Å². The molecule has 1 aliphatic carbocycles. The summed E-state index contributed by atoms with van der Waals surface area (Å²) in [5.41, 5.74) is 8.36. The SMILES string of the molecule is COC(=O)C1=C(N)OC2=C(C(=O)CC(c3ccccc3)C2)C1c1ccccc1Cl. The maximum absolute atomic E-state index is 13.3. The first-order chi connectivity index (χ1) is 14.0. The van der Waals surface area contributed by atoms with Crippen LogP contribution in [0.25, 0.3) is 0 Å². The highest BCUT2D eigenvalue weighted by Crippen LogP contribution is 2.48. The summed E-state index contributed by atoms with van der Waals surface area (Å²) in [6, 6.07) is 16.9. The fraction of sp³-hybridized carbons (Fsp3) is 0.217. The number of esters is 1. The Morgan fingerprint density at radius 3 is 2.48 bits per heavy atom. The van der Waals surface area contributed by atoms with E-state index in [2.05, 4.69) is 0 Å². The molecule has 148 valence electrons. The Bertz CT molecular complexity index is 1040. The van der Waals surface area contributed by atoms with Gasteiger partial charge in [-0.05, 0) is 23.1 Å². The van der Waals surface area contributed by atoms with E-state index in [1.54, 1.807) is 18.2 Å². The number of Topliss-reactive ketones (excluding diaryl/α,β-unsaturated/α-hetero) is 1. The van der Waals surface area contributed by atoms with Gasteiger partial charge in [0, 0.05) is 23.4 Å². The van der Waals surface area contributed by atoms with Gasteiger partial charge in [0.15, 0.2) is 5.78 Å². The number of nitrogens with two attached hydrogens (primary N) is 1. The molecule has 29 heavy (non-hydrogen) atoms. The zero-order valence-electron chi connectivity index (χ0n) is 15.9. The van der Waals surface area contributed by atoms with E-state index in [-0.39, 0.29) is 23.2 Å². The average Bonchev–Trinajstić information content (AvgIpc) is 2.73. The second kappa shape index (κ2) is 7.76. The zero-order chi connectivity index (χ0) is 20.5. The third-order valence-electron chi connectivity index (χ3n) is 5.43. The molecular weight excluding hydrogens is 390 g/mol. The summed E-state index contributed by atoms with van der Waals surface area (Å²) in [6.07, 6.45) is 0.836. The van der Waals surface area contributed by atoms with E-state index in [0.29, 0.717) is 34.8 Å². The average molecular weight is 410 g/mol. The van der Waals surface area contributed by atoms with Crippen molar-refractivity contribution in [2.45, 2.75) is 24.7 Å². The molecule has 0 radical (unpaired) electrons. The number of ether oxygens (including phenoxy) is 2. The number of hydrogen-bond donors (Lipinski definition) is 1. The summed E-state index contributed by atoms with van der Waals surface area (Å²) in [5.74, 6) is -1.02. The lowest BCUT2D eigenvalue weighted by Gasteiger charge is -2.35. The van der Waals surface area contributed by atoms with Crippen molar-refractivity contribution in [3.05, 3.63) is 93.5 Å². The van der Waals surface area contributed by atoms with Gasteiger partial charge in [-0.15, -0.1) is 0 Å².